The van der Waals surface area contributed by atoms with Crippen LogP contribution in [0.5, 0.6) is 0 Å². The van der Waals surface area contributed by atoms with Crippen molar-refractivity contribution in [1.82, 2.24) is 19.4 Å². The molecule has 0 saturated carbocycles. The Balaban J connectivity index is 0.000000241. The zero-order valence-electron chi connectivity index (χ0n) is 27.0. The van der Waals surface area contributed by atoms with E-state index >= 15 is 0 Å². The Morgan fingerprint density at radius 3 is 1.98 bits per heavy atom. The molecular formula is C41H36IrN4-2. The summed E-state index contributed by atoms with van der Waals surface area (Å²) < 4.78 is 2.31. The Labute approximate surface area is 284 Å². The van der Waals surface area contributed by atoms with Gasteiger partial charge in [-0.1, -0.05) is 83.3 Å². The molecule has 0 aliphatic carbocycles. The molecule has 46 heavy (non-hydrogen) atoms. The van der Waals surface area contributed by atoms with Crippen molar-refractivity contribution in [2.24, 2.45) is 0 Å². The number of pyridine rings is 3. The first-order valence-corrected chi connectivity index (χ1v) is 15.5. The van der Waals surface area contributed by atoms with Gasteiger partial charge in [-0.2, -0.15) is 0 Å². The summed E-state index contributed by atoms with van der Waals surface area (Å²) in [6, 6.07) is 36.7. The van der Waals surface area contributed by atoms with Crippen LogP contribution in [-0.2, 0) is 30.9 Å². The maximum absolute atomic E-state index is 4.88. The Bertz CT molecular complexity index is 2240. The molecular weight excluding hydrogens is 741 g/mol. The van der Waals surface area contributed by atoms with Crippen molar-refractivity contribution < 1.29 is 20.1 Å². The molecule has 8 aromatic rings. The molecule has 0 amide bonds. The Kier molecular flexibility index (Phi) is 8.27. The van der Waals surface area contributed by atoms with Crippen LogP contribution in [0.2, 0.25) is 0 Å². The number of nitrogens with zero attached hydrogens (tertiary/aromatic N) is 4. The molecule has 0 bridgehead atoms. The second-order valence-corrected chi connectivity index (χ2v) is 13.7. The summed E-state index contributed by atoms with van der Waals surface area (Å²) in [6.45, 7) is 13.5. The van der Waals surface area contributed by atoms with Gasteiger partial charge < -0.3 is 19.4 Å². The van der Waals surface area contributed by atoms with E-state index in [-0.39, 0.29) is 30.9 Å². The minimum Gasteiger partial charge on any atom is -0.335 e. The van der Waals surface area contributed by atoms with E-state index in [1.807, 2.05) is 48.7 Å². The first kappa shape index (κ1) is 31.5. The van der Waals surface area contributed by atoms with Crippen LogP contribution in [0, 0.1) is 12.3 Å². The topological polar surface area (TPSA) is 43.1 Å². The van der Waals surface area contributed by atoms with Crippen LogP contribution in [0.3, 0.4) is 0 Å². The molecule has 5 aromatic heterocycles. The Morgan fingerprint density at radius 2 is 1.28 bits per heavy atom. The maximum atomic E-state index is 4.88. The van der Waals surface area contributed by atoms with Gasteiger partial charge in [0.1, 0.15) is 0 Å². The fourth-order valence-corrected chi connectivity index (χ4v) is 5.99. The number of para-hydroxylation sites is 1. The van der Waals surface area contributed by atoms with E-state index in [0.29, 0.717) is 0 Å². The standard InChI is InChI=1S/C30H28N3.C11H8N.Ir/c1-29(2,3)19-11-12-31-25(16-19)18-13-24-23-15-20(30(4,5)6)14-22-21-9-7-8-10-26(21)33(27(22)23)28(24)32-17-18;1-2-6-10(7-3-1)11-8-4-5-9-12-11;/h7-16H,1-6H3;1-6,8-9H;/q2*-1;. The molecule has 0 atom stereocenters. The second kappa shape index (κ2) is 12.1. The van der Waals surface area contributed by atoms with Crippen LogP contribution in [0.25, 0.3) is 60.7 Å². The second-order valence-electron chi connectivity index (χ2n) is 13.7. The summed E-state index contributed by atoms with van der Waals surface area (Å²) in [6.07, 6.45) is 6.99. The fourth-order valence-electron chi connectivity index (χ4n) is 5.99. The predicted molar refractivity (Wildman–Crippen MR) is 187 cm³/mol. The van der Waals surface area contributed by atoms with Crippen LogP contribution < -0.4 is 0 Å². The van der Waals surface area contributed by atoms with E-state index in [0.717, 1.165) is 33.5 Å². The molecule has 0 aliphatic heterocycles. The van der Waals surface area contributed by atoms with Gasteiger partial charge in [0.15, 0.2) is 0 Å². The van der Waals surface area contributed by atoms with Gasteiger partial charge in [0.25, 0.3) is 0 Å². The summed E-state index contributed by atoms with van der Waals surface area (Å²) in [5.74, 6) is 0. The number of hydrogen-bond donors (Lipinski definition) is 0. The zero-order chi connectivity index (χ0) is 31.3. The monoisotopic (exact) mass is 777 g/mol. The predicted octanol–water partition coefficient (Wildman–Crippen LogP) is 10.2. The third-order valence-electron chi connectivity index (χ3n) is 8.50. The van der Waals surface area contributed by atoms with Crippen molar-refractivity contribution in [3.05, 3.63) is 133 Å². The average Bonchev–Trinajstić information content (AvgIpc) is 3.56. The van der Waals surface area contributed by atoms with E-state index in [2.05, 4.69) is 123 Å². The van der Waals surface area contributed by atoms with Gasteiger partial charge in [-0.05, 0) is 75.3 Å². The zero-order valence-corrected chi connectivity index (χ0v) is 29.4. The first-order valence-electron chi connectivity index (χ1n) is 15.5. The number of fused-ring (bicyclic) bond motifs is 6. The number of benzene rings is 3. The fraction of sp³-hybridized carbons (Fsp3) is 0.195. The van der Waals surface area contributed by atoms with Gasteiger partial charge in [-0.25, -0.2) is 0 Å². The number of rotatable bonds is 2. The number of hydrogen-bond acceptors (Lipinski definition) is 3. The smallest absolute Gasteiger partial charge is 0.0604 e. The van der Waals surface area contributed by atoms with Crippen LogP contribution in [0.4, 0.5) is 0 Å². The molecule has 0 fully saturated rings. The van der Waals surface area contributed by atoms with Crippen molar-refractivity contribution in [2.45, 2.75) is 52.4 Å². The number of aromatic nitrogens is 4. The third kappa shape index (κ3) is 5.70. The van der Waals surface area contributed by atoms with Gasteiger partial charge >= 0.3 is 0 Å². The third-order valence-corrected chi connectivity index (χ3v) is 8.50. The van der Waals surface area contributed by atoms with Gasteiger partial charge in [0.05, 0.1) is 11.2 Å². The quantitative estimate of drug-likeness (QED) is 0.164. The van der Waals surface area contributed by atoms with E-state index in [4.69, 9.17) is 4.98 Å². The largest absolute Gasteiger partial charge is 0.335 e. The van der Waals surface area contributed by atoms with E-state index in [9.17, 15) is 0 Å². The Morgan fingerprint density at radius 1 is 0.587 bits per heavy atom. The summed E-state index contributed by atoms with van der Waals surface area (Å²) >= 11 is 0. The van der Waals surface area contributed by atoms with Gasteiger partial charge in [-0.3, -0.25) is 0 Å². The van der Waals surface area contributed by atoms with Gasteiger partial charge in [-0.15, -0.1) is 47.5 Å². The van der Waals surface area contributed by atoms with Crippen molar-refractivity contribution >= 4 is 38.2 Å². The average molecular weight is 777 g/mol. The summed E-state index contributed by atoms with van der Waals surface area (Å²) in [7, 11) is 0. The molecule has 231 valence electrons. The molecule has 0 saturated heterocycles. The molecule has 1 radical (unpaired) electrons. The van der Waals surface area contributed by atoms with Crippen LogP contribution in [-0.4, -0.2) is 19.4 Å². The van der Waals surface area contributed by atoms with Crippen molar-refractivity contribution in [3.63, 3.8) is 0 Å². The van der Waals surface area contributed by atoms with Crippen LogP contribution >= 0.6 is 0 Å². The molecule has 5 heterocycles. The summed E-state index contributed by atoms with van der Waals surface area (Å²) in [5, 5.41) is 4.97. The van der Waals surface area contributed by atoms with E-state index in [1.54, 1.807) is 6.20 Å². The molecule has 8 rings (SSSR count). The molecule has 0 N–H and O–H groups in total. The SMILES string of the molecule is CC(C)(C)c1ccnc(-c2[c-]nc3c(c2)c2cc(C(C)(C)C)cc4c5ccccc5n3c42)c1.[Ir].[c-]1ccccc1-c1ccccn1. The molecule has 0 unspecified atom stereocenters. The maximum Gasteiger partial charge on any atom is 0.0604 e. The molecule has 0 spiro atoms. The summed E-state index contributed by atoms with van der Waals surface area (Å²) in [4.78, 5) is 13.8. The van der Waals surface area contributed by atoms with E-state index in [1.165, 1.54) is 38.3 Å². The molecule has 4 nitrogen and oxygen atoms in total. The summed E-state index contributed by atoms with van der Waals surface area (Å²) in [5.41, 5.74) is 9.97. The van der Waals surface area contributed by atoms with Crippen molar-refractivity contribution in [2.75, 3.05) is 0 Å². The normalized spacial score (nSPS) is 12.0. The van der Waals surface area contributed by atoms with Crippen LogP contribution in [0.1, 0.15) is 52.7 Å². The van der Waals surface area contributed by atoms with Gasteiger partial charge in [0, 0.05) is 48.8 Å². The van der Waals surface area contributed by atoms with Crippen molar-refractivity contribution in [3.8, 4) is 22.5 Å². The first-order chi connectivity index (χ1) is 21.6. The molecule has 3 aromatic carbocycles. The minimum atomic E-state index is 0. The van der Waals surface area contributed by atoms with Crippen LogP contribution in [0.15, 0.2) is 109 Å². The molecule has 5 heteroatoms. The van der Waals surface area contributed by atoms with E-state index < -0.39 is 0 Å². The minimum absolute atomic E-state index is 0. The molecule has 0 aliphatic rings. The Hall–Kier alpha value is -4.44. The van der Waals surface area contributed by atoms with Gasteiger partial charge in [0.2, 0.25) is 0 Å². The van der Waals surface area contributed by atoms with Crippen molar-refractivity contribution in [1.29, 1.82) is 0 Å².